The van der Waals surface area contributed by atoms with Gasteiger partial charge in [-0.2, -0.15) is 0 Å². The molecule has 1 aliphatic heterocycles. The lowest BCUT2D eigenvalue weighted by atomic mass is 10.1. The van der Waals surface area contributed by atoms with Gasteiger partial charge in [0, 0.05) is 44.9 Å². The molecule has 0 unspecified atom stereocenters. The molecule has 0 bridgehead atoms. The molecule has 0 saturated carbocycles. The number of carbonyl (C=O) groups excluding carboxylic acids is 2. The smallest absolute Gasteiger partial charge is 0.250 e. The van der Waals surface area contributed by atoms with E-state index in [4.69, 9.17) is 4.74 Å². The Balaban J connectivity index is 1.53. The van der Waals surface area contributed by atoms with Crippen molar-refractivity contribution in [1.29, 1.82) is 0 Å². The van der Waals surface area contributed by atoms with Crippen LogP contribution in [-0.2, 0) is 22.7 Å². The van der Waals surface area contributed by atoms with E-state index in [2.05, 4.69) is 0 Å². The third-order valence-corrected chi connectivity index (χ3v) is 4.64. The molecule has 1 aromatic carbocycles. The van der Waals surface area contributed by atoms with Crippen LogP contribution >= 0.6 is 0 Å². The van der Waals surface area contributed by atoms with Gasteiger partial charge < -0.3 is 19.1 Å². The minimum atomic E-state index is -0.135. The van der Waals surface area contributed by atoms with Crippen LogP contribution < -0.4 is 10.3 Å². The number of aromatic nitrogens is 1. The number of hydrogen-bond acceptors (Lipinski definition) is 4. The summed E-state index contributed by atoms with van der Waals surface area (Å²) in [6.07, 6.45) is 1.86. The van der Waals surface area contributed by atoms with Crippen molar-refractivity contribution in [3.05, 3.63) is 64.6 Å². The van der Waals surface area contributed by atoms with Gasteiger partial charge in [0.15, 0.2) is 0 Å². The van der Waals surface area contributed by atoms with Gasteiger partial charge in [0.1, 0.15) is 5.75 Å². The van der Waals surface area contributed by atoms with Crippen LogP contribution in [0.1, 0.15) is 12.0 Å². The lowest BCUT2D eigenvalue weighted by Gasteiger charge is -2.34. The lowest BCUT2D eigenvalue weighted by Crippen LogP contribution is -2.52. The molecule has 7 nitrogen and oxygen atoms in total. The second-order valence-electron chi connectivity index (χ2n) is 6.46. The summed E-state index contributed by atoms with van der Waals surface area (Å²) in [6.45, 7) is 1.88. The van der Waals surface area contributed by atoms with E-state index in [1.807, 2.05) is 24.3 Å². The van der Waals surface area contributed by atoms with Gasteiger partial charge in [-0.3, -0.25) is 14.4 Å². The molecule has 0 N–H and O–H groups in total. The molecular formula is C20H23N3O4. The number of hydrogen-bond donors (Lipinski definition) is 0. The molecule has 1 fully saturated rings. The van der Waals surface area contributed by atoms with E-state index in [1.165, 1.54) is 10.6 Å². The highest BCUT2D eigenvalue weighted by Crippen LogP contribution is 2.16. The van der Waals surface area contributed by atoms with Crippen molar-refractivity contribution < 1.29 is 14.3 Å². The zero-order chi connectivity index (χ0) is 19.2. The average Bonchev–Trinajstić information content (AvgIpc) is 2.69. The fraction of sp³-hybridized carbons (Fsp3) is 0.350. The fourth-order valence-corrected chi connectivity index (χ4v) is 3.10. The van der Waals surface area contributed by atoms with Crippen molar-refractivity contribution in [2.75, 3.05) is 26.7 Å². The number of carbonyl (C=O) groups is 2. The molecule has 1 aromatic heterocycles. The molecule has 0 radical (unpaired) electrons. The first-order chi connectivity index (χ1) is 13.1. The molecule has 2 amide bonds. The van der Waals surface area contributed by atoms with E-state index in [-0.39, 0.29) is 30.3 Å². The zero-order valence-electron chi connectivity index (χ0n) is 15.3. The van der Waals surface area contributed by atoms with Crippen LogP contribution in [0.5, 0.6) is 5.75 Å². The number of pyridine rings is 1. The van der Waals surface area contributed by atoms with Crippen LogP contribution in [0.2, 0.25) is 0 Å². The first kappa shape index (κ1) is 18.7. The van der Waals surface area contributed by atoms with Gasteiger partial charge in [-0.05, 0) is 23.8 Å². The van der Waals surface area contributed by atoms with Crippen molar-refractivity contribution in [3.63, 3.8) is 0 Å². The van der Waals surface area contributed by atoms with Gasteiger partial charge in [0.2, 0.25) is 11.8 Å². The topological polar surface area (TPSA) is 71.8 Å². The molecule has 7 heteroatoms. The lowest BCUT2D eigenvalue weighted by molar-refractivity contribution is -0.145. The summed E-state index contributed by atoms with van der Waals surface area (Å²) in [6, 6.07) is 12.5. The van der Waals surface area contributed by atoms with Gasteiger partial charge in [-0.1, -0.05) is 18.2 Å². The summed E-state index contributed by atoms with van der Waals surface area (Å²) in [5.41, 5.74) is 0.857. The normalized spacial score (nSPS) is 14.3. The Hall–Kier alpha value is -3.09. The summed E-state index contributed by atoms with van der Waals surface area (Å²) in [7, 11) is 1.61. The van der Waals surface area contributed by atoms with E-state index in [0.717, 1.165) is 11.3 Å². The summed E-state index contributed by atoms with van der Waals surface area (Å²) in [5.74, 6) is 0.569. The van der Waals surface area contributed by atoms with E-state index < -0.39 is 0 Å². The highest BCUT2D eigenvalue weighted by atomic mass is 16.5. The third-order valence-electron chi connectivity index (χ3n) is 4.64. The Kier molecular flexibility index (Phi) is 5.90. The largest absolute Gasteiger partial charge is 0.497 e. The monoisotopic (exact) mass is 369 g/mol. The van der Waals surface area contributed by atoms with E-state index in [9.17, 15) is 14.4 Å². The summed E-state index contributed by atoms with van der Waals surface area (Å²) < 4.78 is 6.71. The second-order valence-corrected chi connectivity index (χ2v) is 6.46. The highest BCUT2D eigenvalue weighted by Gasteiger charge is 2.26. The molecule has 3 rings (SSSR count). The molecule has 1 saturated heterocycles. The summed E-state index contributed by atoms with van der Waals surface area (Å²) in [4.78, 5) is 39.9. The molecular weight excluding hydrogens is 346 g/mol. The van der Waals surface area contributed by atoms with Gasteiger partial charge in [0.05, 0.1) is 13.7 Å². The van der Waals surface area contributed by atoms with Crippen molar-refractivity contribution >= 4 is 11.8 Å². The number of benzene rings is 1. The summed E-state index contributed by atoms with van der Waals surface area (Å²) >= 11 is 0. The van der Waals surface area contributed by atoms with Gasteiger partial charge in [0.25, 0.3) is 5.56 Å². The van der Waals surface area contributed by atoms with Gasteiger partial charge in [-0.15, -0.1) is 0 Å². The van der Waals surface area contributed by atoms with Crippen LogP contribution in [0.3, 0.4) is 0 Å². The van der Waals surface area contributed by atoms with E-state index in [0.29, 0.717) is 26.2 Å². The van der Waals surface area contributed by atoms with E-state index in [1.54, 1.807) is 35.2 Å². The number of rotatable bonds is 6. The van der Waals surface area contributed by atoms with E-state index >= 15 is 0 Å². The van der Waals surface area contributed by atoms with Crippen LogP contribution in [-0.4, -0.2) is 52.9 Å². The minimum absolute atomic E-state index is 0.0747. The predicted octanol–water partition coefficient (Wildman–Crippen LogP) is 1.12. The Labute approximate surface area is 157 Å². The number of ether oxygens (including phenoxy) is 1. The fourth-order valence-electron chi connectivity index (χ4n) is 3.10. The van der Waals surface area contributed by atoms with Gasteiger partial charge in [-0.25, -0.2) is 0 Å². The number of methoxy groups -OCH3 is 1. The Bertz CT molecular complexity index is 877. The maximum Gasteiger partial charge on any atom is 0.250 e. The van der Waals surface area contributed by atoms with Crippen molar-refractivity contribution in [2.24, 2.45) is 0 Å². The minimum Gasteiger partial charge on any atom is -0.497 e. The predicted molar refractivity (Wildman–Crippen MR) is 100 cm³/mol. The quantitative estimate of drug-likeness (QED) is 0.765. The van der Waals surface area contributed by atoms with Crippen LogP contribution in [0.4, 0.5) is 0 Å². The van der Waals surface area contributed by atoms with Crippen LogP contribution in [0.15, 0.2) is 53.5 Å². The first-order valence-electron chi connectivity index (χ1n) is 8.91. The van der Waals surface area contributed by atoms with Crippen LogP contribution in [0, 0.1) is 0 Å². The molecule has 1 aliphatic rings. The standard InChI is InChI=1S/C20H23N3O4/c1-27-17-6-4-5-16(13-17)14-22-11-12-23(15-20(22)26)19(25)8-10-21-9-3-2-7-18(21)24/h2-7,9,13H,8,10-12,14-15H2,1H3. The molecule has 0 spiro atoms. The highest BCUT2D eigenvalue weighted by molar-refractivity contribution is 5.86. The maximum absolute atomic E-state index is 12.4. The molecule has 27 heavy (non-hydrogen) atoms. The molecule has 0 atom stereocenters. The Morgan fingerprint density at radius 2 is 1.96 bits per heavy atom. The molecule has 2 heterocycles. The molecule has 142 valence electrons. The Morgan fingerprint density at radius 1 is 1.11 bits per heavy atom. The number of nitrogens with zero attached hydrogens (tertiary/aromatic N) is 3. The number of aryl methyl sites for hydroxylation is 1. The SMILES string of the molecule is COc1cccc(CN2CCN(C(=O)CCn3ccccc3=O)CC2=O)c1. The number of piperazine rings is 1. The number of amides is 2. The second kappa shape index (κ2) is 8.53. The third kappa shape index (κ3) is 4.75. The zero-order valence-corrected chi connectivity index (χ0v) is 15.3. The maximum atomic E-state index is 12.4. The average molecular weight is 369 g/mol. The molecule has 0 aliphatic carbocycles. The van der Waals surface area contributed by atoms with Crippen LogP contribution in [0.25, 0.3) is 0 Å². The van der Waals surface area contributed by atoms with Crippen molar-refractivity contribution in [1.82, 2.24) is 14.4 Å². The van der Waals surface area contributed by atoms with Crippen molar-refractivity contribution in [3.8, 4) is 5.75 Å². The van der Waals surface area contributed by atoms with Gasteiger partial charge >= 0.3 is 0 Å². The van der Waals surface area contributed by atoms with Crippen molar-refractivity contribution in [2.45, 2.75) is 19.5 Å². The summed E-state index contributed by atoms with van der Waals surface area (Å²) in [5, 5.41) is 0. The first-order valence-corrected chi connectivity index (χ1v) is 8.91. The molecule has 2 aromatic rings. The Morgan fingerprint density at radius 3 is 2.70 bits per heavy atom.